The maximum absolute atomic E-state index is 8.85. The lowest BCUT2D eigenvalue weighted by molar-refractivity contribution is 0.0827. The molecule has 0 spiro atoms. The summed E-state index contributed by atoms with van der Waals surface area (Å²) in [5, 5.41) is 8.85. The lowest BCUT2D eigenvalue weighted by Gasteiger charge is -2.39. The van der Waals surface area contributed by atoms with Gasteiger partial charge in [0.2, 0.25) is 0 Å². The van der Waals surface area contributed by atoms with Crippen molar-refractivity contribution in [2.45, 2.75) is 45.7 Å². The maximum Gasteiger partial charge on any atom is 0.0950 e. The third-order valence-electron chi connectivity index (χ3n) is 3.54. The number of rotatable bonds is 4. The molecule has 3 nitrogen and oxygen atoms in total. The van der Waals surface area contributed by atoms with E-state index in [1.165, 1.54) is 12.8 Å². The lowest BCUT2D eigenvalue weighted by Crippen LogP contribution is -2.52. The molecule has 1 heterocycles. The molecule has 1 unspecified atom stereocenters. The average Bonchev–Trinajstić information content (AvgIpc) is 2.30. The summed E-state index contributed by atoms with van der Waals surface area (Å²) in [6.45, 7) is 10.9. The zero-order valence-corrected chi connectivity index (χ0v) is 10.2. The first kappa shape index (κ1) is 12.5. The molecule has 3 heteroatoms. The molecular formula is C12H23N3. The fourth-order valence-electron chi connectivity index (χ4n) is 2.38. The predicted molar refractivity (Wildman–Crippen MR) is 62.6 cm³/mol. The van der Waals surface area contributed by atoms with Gasteiger partial charge in [-0.25, -0.2) is 0 Å². The Morgan fingerprint density at radius 1 is 1.07 bits per heavy atom. The highest BCUT2D eigenvalue weighted by Crippen LogP contribution is 2.13. The molecule has 15 heavy (non-hydrogen) atoms. The molecule has 0 aromatic heterocycles. The van der Waals surface area contributed by atoms with Gasteiger partial charge in [0.1, 0.15) is 0 Å². The van der Waals surface area contributed by atoms with Crippen molar-refractivity contribution < 1.29 is 0 Å². The summed E-state index contributed by atoms with van der Waals surface area (Å²) in [4.78, 5) is 4.85. The Hall–Kier alpha value is -0.590. The zero-order chi connectivity index (χ0) is 11.3. The molecule has 0 bridgehead atoms. The number of nitrogens with zero attached hydrogens (tertiary/aromatic N) is 3. The van der Waals surface area contributed by atoms with Crippen LogP contribution in [-0.4, -0.2) is 48.1 Å². The van der Waals surface area contributed by atoms with E-state index in [-0.39, 0.29) is 6.04 Å². The van der Waals surface area contributed by atoms with Crippen LogP contribution in [0.1, 0.15) is 33.6 Å². The molecule has 1 fully saturated rings. The molecule has 86 valence electrons. The molecule has 1 rings (SSSR count). The van der Waals surface area contributed by atoms with E-state index in [0.29, 0.717) is 0 Å². The van der Waals surface area contributed by atoms with Crippen molar-refractivity contribution >= 4 is 0 Å². The van der Waals surface area contributed by atoms with Crippen molar-refractivity contribution in [1.82, 2.24) is 9.80 Å². The van der Waals surface area contributed by atoms with E-state index in [1.807, 2.05) is 6.92 Å². The van der Waals surface area contributed by atoms with Crippen LogP contribution in [0.5, 0.6) is 0 Å². The van der Waals surface area contributed by atoms with E-state index < -0.39 is 0 Å². The SMILES string of the molecule is CCC(CC)N1CCN(C(C)C#N)CC1. The Bertz CT molecular complexity index is 209. The fourth-order valence-corrected chi connectivity index (χ4v) is 2.38. The second kappa shape index (κ2) is 6.09. The summed E-state index contributed by atoms with van der Waals surface area (Å²) in [5.41, 5.74) is 0. The number of nitriles is 1. The van der Waals surface area contributed by atoms with Gasteiger partial charge >= 0.3 is 0 Å². The van der Waals surface area contributed by atoms with Crippen LogP contribution in [0.4, 0.5) is 0 Å². The van der Waals surface area contributed by atoms with Gasteiger partial charge in [0.15, 0.2) is 0 Å². The highest BCUT2D eigenvalue weighted by molar-refractivity contribution is 4.90. The predicted octanol–water partition coefficient (Wildman–Crippen LogP) is 1.70. The van der Waals surface area contributed by atoms with Crippen LogP contribution >= 0.6 is 0 Å². The van der Waals surface area contributed by atoms with Crippen molar-refractivity contribution in [1.29, 1.82) is 5.26 Å². The quantitative estimate of drug-likeness (QED) is 0.706. The molecule has 0 aromatic rings. The maximum atomic E-state index is 8.85. The van der Waals surface area contributed by atoms with Gasteiger partial charge in [-0.1, -0.05) is 13.8 Å². The monoisotopic (exact) mass is 209 g/mol. The number of piperazine rings is 1. The van der Waals surface area contributed by atoms with Crippen LogP contribution in [0.2, 0.25) is 0 Å². The minimum atomic E-state index is 0.0776. The summed E-state index contributed by atoms with van der Waals surface area (Å²) in [7, 11) is 0. The molecule has 1 aliphatic rings. The van der Waals surface area contributed by atoms with Gasteiger partial charge in [0.25, 0.3) is 0 Å². The van der Waals surface area contributed by atoms with Crippen molar-refractivity contribution in [2.24, 2.45) is 0 Å². The van der Waals surface area contributed by atoms with Crippen molar-refractivity contribution in [3.05, 3.63) is 0 Å². The molecule has 0 amide bonds. The standard InChI is InChI=1S/C12H23N3/c1-4-12(5-2)15-8-6-14(7-9-15)11(3)10-13/h11-12H,4-9H2,1-3H3. The van der Waals surface area contributed by atoms with Crippen molar-refractivity contribution in [3.63, 3.8) is 0 Å². The molecule has 0 aliphatic carbocycles. The third kappa shape index (κ3) is 3.19. The van der Waals surface area contributed by atoms with Gasteiger partial charge in [0.05, 0.1) is 12.1 Å². The molecule has 1 atom stereocenters. The van der Waals surface area contributed by atoms with Gasteiger partial charge in [-0.15, -0.1) is 0 Å². The van der Waals surface area contributed by atoms with E-state index in [1.54, 1.807) is 0 Å². The second-order valence-electron chi connectivity index (χ2n) is 4.35. The van der Waals surface area contributed by atoms with Crippen LogP contribution in [-0.2, 0) is 0 Å². The van der Waals surface area contributed by atoms with E-state index >= 15 is 0 Å². The first-order valence-corrected chi connectivity index (χ1v) is 6.10. The molecule has 0 saturated carbocycles. The zero-order valence-electron chi connectivity index (χ0n) is 10.2. The van der Waals surface area contributed by atoms with E-state index in [4.69, 9.17) is 5.26 Å². The second-order valence-corrected chi connectivity index (χ2v) is 4.35. The molecular weight excluding hydrogens is 186 g/mol. The summed E-state index contributed by atoms with van der Waals surface area (Å²) in [6.07, 6.45) is 2.48. The Morgan fingerprint density at radius 3 is 1.93 bits per heavy atom. The minimum absolute atomic E-state index is 0.0776. The summed E-state index contributed by atoms with van der Waals surface area (Å²) >= 11 is 0. The topological polar surface area (TPSA) is 30.3 Å². The highest BCUT2D eigenvalue weighted by Gasteiger charge is 2.23. The lowest BCUT2D eigenvalue weighted by atomic mass is 10.1. The summed E-state index contributed by atoms with van der Waals surface area (Å²) in [6, 6.07) is 3.13. The van der Waals surface area contributed by atoms with Crippen LogP contribution in [0.15, 0.2) is 0 Å². The average molecular weight is 209 g/mol. The van der Waals surface area contributed by atoms with Crippen LogP contribution in [0.3, 0.4) is 0 Å². The van der Waals surface area contributed by atoms with E-state index in [2.05, 4.69) is 29.7 Å². The smallest absolute Gasteiger partial charge is 0.0950 e. The first-order valence-electron chi connectivity index (χ1n) is 6.10. The van der Waals surface area contributed by atoms with Gasteiger partial charge in [-0.05, 0) is 19.8 Å². The van der Waals surface area contributed by atoms with Crippen LogP contribution in [0.25, 0.3) is 0 Å². The highest BCUT2D eigenvalue weighted by atomic mass is 15.3. The first-order chi connectivity index (χ1) is 7.22. The molecule has 1 aliphatic heterocycles. The Kier molecular flexibility index (Phi) is 5.07. The summed E-state index contributed by atoms with van der Waals surface area (Å²) < 4.78 is 0. The Labute approximate surface area is 93.7 Å². The van der Waals surface area contributed by atoms with E-state index in [9.17, 15) is 0 Å². The third-order valence-corrected chi connectivity index (χ3v) is 3.54. The van der Waals surface area contributed by atoms with Gasteiger partial charge in [0, 0.05) is 32.2 Å². The number of hydrogen-bond acceptors (Lipinski definition) is 3. The van der Waals surface area contributed by atoms with Gasteiger partial charge < -0.3 is 0 Å². The molecule has 0 N–H and O–H groups in total. The summed E-state index contributed by atoms with van der Waals surface area (Å²) in [5.74, 6) is 0. The van der Waals surface area contributed by atoms with Crippen molar-refractivity contribution in [3.8, 4) is 6.07 Å². The van der Waals surface area contributed by atoms with Gasteiger partial charge in [-0.2, -0.15) is 5.26 Å². The van der Waals surface area contributed by atoms with Crippen LogP contribution < -0.4 is 0 Å². The largest absolute Gasteiger partial charge is 0.298 e. The van der Waals surface area contributed by atoms with E-state index in [0.717, 1.165) is 32.2 Å². The fraction of sp³-hybridized carbons (Fsp3) is 0.917. The van der Waals surface area contributed by atoms with Gasteiger partial charge in [-0.3, -0.25) is 9.80 Å². The number of hydrogen-bond donors (Lipinski definition) is 0. The Morgan fingerprint density at radius 2 is 1.53 bits per heavy atom. The molecule has 0 radical (unpaired) electrons. The minimum Gasteiger partial charge on any atom is -0.298 e. The van der Waals surface area contributed by atoms with Crippen molar-refractivity contribution in [2.75, 3.05) is 26.2 Å². The molecule has 0 aromatic carbocycles. The van der Waals surface area contributed by atoms with Crippen LogP contribution in [0, 0.1) is 11.3 Å². The molecule has 1 saturated heterocycles. The Balaban J connectivity index is 2.39. The normalized spacial score (nSPS) is 21.5.